The summed E-state index contributed by atoms with van der Waals surface area (Å²) in [5.74, 6) is 0. The average molecular weight is 326 g/mol. The number of urea groups is 1. The maximum atomic E-state index is 12.1. The second-order valence-corrected chi connectivity index (χ2v) is 6.03. The van der Waals surface area contributed by atoms with Crippen molar-refractivity contribution < 1.29 is 4.79 Å². The van der Waals surface area contributed by atoms with Gasteiger partial charge in [0.2, 0.25) is 0 Å². The molecular formula is C14H20BrN3O. The molecule has 0 bridgehead atoms. The number of hydrogen-bond acceptors (Lipinski definition) is 2. The maximum absolute atomic E-state index is 12.1. The summed E-state index contributed by atoms with van der Waals surface area (Å²) in [6.45, 7) is 1.65. The van der Waals surface area contributed by atoms with Gasteiger partial charge < -0.3 is 15.1 Å². The molecule has 1 saturated heterocycles. The number of carbonyl (C=O) groups is 1. The van der Waals surface area contributed by atoms with Gasteiger partial charge in [-0.15, -0.1) is 0 Å². The topological polar surface area (TPSA) is 35.6 Å². The van der Waals surface area contributed by atoms with E-state index in [0.29, 0.717) is 6.04 Å². The molecule has 0 unspecified atom stereocenters. The van der Waals surface area contributed by atoms with Crippen molar-refractivity contribution in [3.63, 3.8) is 0 Å². The Bertz CT molecular complexity index is 425. The van der Waals surface area contributed by atoms with Crippen LogP contribution in [-0.4, -0.2) is 49.1 Å². The van der Waals surface area contributed by atoms with Crippen LogP contribution in [0.1, 0.15) is 12.8 Å². The first-order valence-electron chi connectivity index (χ1n) is 6.54. The molecule has 19 heavy (non-hydrogen) atoms. The highest BCUT2D eigenvalue weighted by Gasteiger charge is 2.23. The second kappa shape index (κ2) is 6.39. The zero-order valence-corrected chi connectivity index (χ0v) is 13.0. The average Bonchev–Trinajstić information content (AvgIpc) is 2.41. The van der Waals surface area contributed by atoms with Gasteiger partial charge in [-0.2, -0.15) is 0 Å². The molecule has 1 aromatic rings. The van der Waals surface area contributed by atoms with Crippen molar-refractivity contribution in [3.05, 3.63) is 28.7 Å². The van der Waals surface area contributed by atoms with Crippen LogP contribution in [0.2, 0.25) is 0 Å². The van der Waals surface area contributed by atoms with Gasteiger partial charge in [-0.25, -0.2) is 4.79 Å². The Morgan fingerprint density at radius 3 is 2.37 bits per heavy atom. The van der Waals surface area contributed by atoms with Crippen molar-refractivity contribution >= 4 is 27.6 Å². The fraction of sp³-hybridized carbons (Fsp3) is 0.500. The van der Waals surface area contributed by atoms with Gasteiger partial charge in [-0.1, -0.05) is 15.9 Å². The van der Waals surface area contributed by atoms with Crippen LogP contribution < -0.4 is 5.32 Å². The van der Waals surface area contributed by atoms with Crippen LogP contribution in [0.15, 0.2) is 28.7 Å². The van der Waals surface area contributed by atoms with Crippen molar-refractivity contribution in [1.82, 2.24) is 9.80 Å². The predicted molar refractivity (Wildman–Crippen MR) is 81.4 cm³/mol. The first kappa shape index (κ1) is 14.3. The maximum Gasteiger partial charge on any atom is 0.321 e. The smallest absolute Gasteiger partial charge is 0.321 e. The number of anilines is 1. The Morgan fingerprint density at radius 1 is 1.26 bits per heavy atom. The molecule has 2 rings (SSSR count). The highest BCUT2D eigenvalue weighted by atomic mass is 79.9. The number of nitrogens with one attached hydrogen (secondary N) is 1. The zero-order valence-electron chi connectivity index (χ0n) is 11.4. The number of nitrogens with zero attached hydrogens (tertiary/aromatic N) is 2. The number of benzene rings is 1. The van der Waals surface area contributed by atoms with E-state index in [4.69, 9.17) is 0 Å². The monoisotopic (exact) mass is 325 g/mol. The summed E-state index contributed by atoms with van der Waals surface area (Å²) >= 11 is 3.38. The minimum absolute atomic E-state index is 0.000437. The number of rotatable bonds is 2. The highest BCUT2D eigenvalue weighted by molar-refractivity contribution is 9.10. The summed E-state index contributed by atoms with van der Waals surface area (Å²) < 4.78 is 1.01. The third-order valence-electron chi connectivity index (χ3n) is 3.58. The normalized spacial score (nSPS) is 16.7. The molecular weight excluding hydrogens is 306 g/mol. The van der Waals surface area contributed by atoms with Crippen molar-refractivity contribution in [1.29, 1.82) is 0 Å². The molecule has 4 nitrogen and oxygen atoms in total. The molecule has 1 aliphatic heterocycles. The SMILES string of the molecule is CN(C)C1CCN(C(=O)Nc2ccc(Br)cc2)CC1. The highest BCUT2D eigenvalue weighted by Crippen LogP contribution is 2.17. The fourth-order valence-corrected chi connectivity index (χ4v) is 2.59. The van der Waals surface area contributed by atoms with Gasteiger partial charge >= 0.3 is 6.03 Å². The third-order valence-corrected chi connectivity index (χ3v) is 4.11. The number of piperidine rings is 1. The molecule has 104 valence electrons. The van der Waals surface area contributed by atoms with E-state index < -0.39 is 0 Å². The first-order valence-corrected chi connectivity index (χ1v) is 7.33. The molecule has 1 N–H and O–H groups in total. The number of carbonyl (C=O) groups excluding carboxylic acids is 1. The molecule has 1 aromatic carbocycles. The molecule has 0 aliphatic carbocycles. The van der Waals surface area contributed by atoms with Crippen LogP contribution in [0, 0.1) is 0 Å². The predicted octanol–water partition coefficient (Wildman–Crippen LogP) is 3.01. The van der Waals surface area contributed by atoms with Crippen LogP contribution in [0.5, 0.6) is 0 Å². The molecule has 0 atom stereocenters. The molecule has 0 spiro atoms. The van der Waals surface area contributed by atoms with E-state index in [-0.39, 0.29) is 6.03 Å². The van der Waals surface area contributed by atoms with Gasteiger partial charge in [0, 0.05) is 29.3 Å². The first-order chi connectivity index (χ1) is 9.06. The van der Waals surface area contributed by atoms with E-state index >= 15 is 0 Å². The van der Waals surface area contributed by atoms with E-state index in [2.05, 4.69) is 40.2 Å². The lowest BCUT2D eigenvalue weighted by atomic mass is 10.0. The van der Waals surface area contributed by atoms with Crippen LogP contribution in [0.25, 0.3) is 0 Å². The molecule has 0 aromatic heterocycles. The second-order valence-electron chi connectivity index (χ2n) is 5.12. The molecule has 1 aliphatic rings. The third kappa shape index (κ3) is 3.94. The van der Waals surface area contributed by atoms with E-state index in [1.54, 1.807) is 0 Å². The van der Waals surface area contributed by atoms with Gasteiger partial charge in [0.25, 0.3) is 0 Å². The van der Waals surface area contributed by atoms with E-state index in [0.717, 1.165) is 36.1 Å². The van der Waals surface area contributed by atoms with Crippen molar-refractivity contribution in [2.24, 2.45) is 0 Å². The minimum Gasteiger partial charge on any atom is -0.324 e. The lowest BCUT2D eigenvalue weighted by molar-refractivity contribution is 0.156. The minimum atomic E-state index is -0.000437. The molecule has 2 amide bonds. The van der Waals surface area contributed by atoms with E-state index in [1.807, 2.05) is 29.2 Å². The molecule has 1 fully saturated rings. The standard InChI is InChI=1S/C14H20BrN3O/c1-17(2)13-7-9-18(10-8-13)14(19)16-12-5-3-11(15)4-6-12/h3-6,13H,7-10H2,1-2H3,(H,16,19). The van der Waals surface area contributed by atoms with Gasteiger partial charge in [-0.3, -0.25) is 0 Å². The van der Waals surface area contributed by atoms with Gasteiger partial charge in [-0.05, 0) is 51.2 Å². The molecule has 1 heterocycles. The van der Waals surface area contributed by atoms with Crippen molar-refractivity contribution in [2.45, 2.75) is 18.9 Å². The summed E-state index contributed by atoms with van der Waals surface area (Å²) in [6, 6.07) is 8.24. The lowest BCUT2D eigenvalue weighted by Crippen LogP contribution is -2.45. The van der Waals surface area contributed by atoms with Crippen LogP contribution in [0.3, 0.4) is 0 Å². The van der Waals surface area contributed by atoms with Crippen LogP contribution in [0.4, 0.5) is 10.5 Å². The Hall–Kier alpha value is -1.07. The van der Waals surface area contributed by atoms with Crippen molar-refractivity contribution in [2.75, 3.05) is 32.5 Å². The largest absolute Gasteiger partial charge is 0.324 e. The number of amides is 2. The van der Waals surface area contributed by atoms with Gasteiger partial charge in [0.05, 0.1) is 0 Å². The Labute approximate surface area is 122 Å². The van der Waals surface area contributed by atoms with Gasteiger partial charge in [0.1, 0.15) is 0 Å². The Morgan fingerprint density at radius 2 is 1.84 bits per heavy atom. The number of hydrogen-bond donors (Lipinski definition) is 1. The molecule has 5 heteroatoms. The van der Waals surface area contributed by atoms with Crippen LogP contribution >= 0.6 is 15.9 Å². The van der Waals surface area contributed by atoms with E-state index in [9.17, 15) is 4.79 Å². The summed E-state index contributed by atoms with van der Waals surface area (Å²) in [5.41, 5.74) is 0.836. The summed E-state index contributed by atoms with van der Waals surface area (Å²) in [7, 11) is 4.20. The summed E-state index contributed by atoms with van der Waals surface area (Å²) in [5, 5.41) is 2.94. The summed E-state index contributed by atoms with van der Waals surface area (Å²) in [6.07, 6.45) is 2.08. The van der Waals surface area contributed by atoms with Crippen molar-refractivity contribution in [3.8, 4) is 0 Å². The zero-order chi connectivity index (χ0) is 13.8. The Balaban J connectivity index is 1.86. The number of likely N-dealkylation sites (tertiary alicyclic amines) is 1. The molecule has 0 radical (unpaired) electrons. The van der Waals surface area contributed by atoms with E-state index in [1.165, 1.54) is 0 Å². The quantitative estimate of drug-likeness (QED) is 0.907. The summed E-state index contributed by atoms with van der Waals surface area (Å²) in [4.78, 5) is 16.2. The number of halogens is 1. The molecule has 0 saturated carbocycles. The van der Waals surface area contributed by atoms with Gasteiger partial charge in [0.15, 0.2) is 0 Å². The Kier molecular flexibility index (Phi) is 4.82. The lowest BCUT2D eigenvalue weighted by Gasteiger charge is -2.35. The van der Waals surface area contributed by atoms with Crippen LogP contribution in [-0.2, 0) is 0 Å². The fourth-order valence-electron chi connectivity index (χ4n) is 2.32.